The number of aryl methyl sites for hydroxylation is 1. The molecule has 2 aromatic rings. The zero-order valence-corrected chi connectivity index (χ0v) is 22.8. The van der Waals surface area contributed by atoms with Crippen molar-refractivity contribution in [1.82, 2.24) is 9.80 Å². The summed E-state index contributed by atoms with van der Waals surface area (Å²) in [6, 6.07) is 19.0. The van der Waals surface area contributed by atoms with Crippen LogP contribution in [-0.4, -0.2) is 59.6 Å². The Bertz CT molecular complexity index is 1060. The molecule has 0 radical (unpaired) electrons. The van der Waals surface area contributed by atoms with Gasteiger partial charge in [0.05, 0.1) is 0 Å². The van der Waals surface area contributed by atoms with Gasteiger partial charge in [-0.05, 0) is 86.2 Å². The lowest BCUT2D eigenvalue weighted by molar-refractivity contribution is -0.144. The monoisotopic (exact) mass is 512 g/mol. The van der Waals surface area contributed by atoms with Crippen molar-refractivity contribution in [2.45, 2.75) is 69.7 Å². The standard InChI is InChI=1S/C34H44N2O2/c1-2-26-14-16-27(17-15-26)8-6-9-28-18-20-35(21-19-28)23-31-24-36(25-32(31)30-12-4-3-5-13-30)33(34(37)38)22-29-10-7-11-29/h1,3-5,12-17,28-29,31-33H,6-11,18-25H2,(H,37,38). The van der Waals surface area contributed by atoms with E-state index in [9.17, 15) is 9.90 Å². The number of benzene rings is 2. The van der Waals surface area contributed by atoms with Gasteiger partial charge in [-0.15, -0.1) is 6.42 Å². The fraction of sp³-hybridized carbons (Fsp3) is 0.559. The number of rotatable bonds is 11. The number of piperidine rings is 1. The first-order valence-corrected chi connectivity index (χ1v) is 14.9. The van der Waals surface area contributed by atoms with Crippen LogP contribution in [0.25, 0.3) is 0 Å². The van der Waals surface area contributed by atoms with Crippen LogP contribution in [0.15, 0.2) is 54.6 Å². The van der Waals surface area contributed by atoms with Gasteiger partial charge in [0.15, 0.2) is 0 Å². The van der Waals surface area contributed by atoms with E-state index in [1.165, 1.54) is 69.2 Å². The second-order valence-electron chi connectivity index (χ2n) is 12.1. The minimum Gasteiger partial charge on any atom is -0.480 e. The van der Waals surface area contributed by atoms with Crippen LogP contribution in [-0.2, 0) is 11.2 Å². The van der Waals surface area contributed by atoms with Gasteiger partial charge in [-0.2, -0.15) is 0 Å². The Morgan fingerprint density at radius 1 is 0.974 bits per heavy atom. The van der Waals surface area contributed by atoms with E-state index < -0.39 is 5.97 Å². The van der Waals surface area contributed by atoms with Gasteiger partial charge in [0, 0.05) is 31.1 Å². The molecule has 1 N–H and O–H groups in total. The summed E-state index contributed by atoms with van der Waals surface area (Å²) >= 11 is 0. The lowest BCUT2D eigenvalue weighted by Crippen LogP contribution is -2.43. The molecule has 4 nitrogen and oxygen atoms in total. The van der Waals surface area contributed by atoms with E-state index in [0.29, 0.717) is 17.8 Å². The number of terminal acetylenes is 1. The second kappa shape index (κ2) is 13.0. The smallest absolute Gasteiger partial charge is 0.320 e. The maximum Gasteiger partial charge on any atom is 0.320 e. The van der Waals surface area contributed by atoms with Gasteiger partial charge in [-0.3, -0.25) is 9.69 Å². The zero-order valence-electron chi connectivity index (χ0n) is 22.8. The Morgan fingerprint density at radius 3 is 2.34 bits per heavy atom. The van der Waals surface area contributed by atoms with E-state index in [0.717, 1.165) is 44.0 Å². The van der Waals surface area contributed by atoms with Crippen LogP contribution in [0.4, 0.5) is 0 Å². The Kier molecular flexibility index (Phi) is 9.20. The molecule has 1 saturated carbocycles. The Balaban J connectivity index is 1.13. The molecule has 3 fully saturated rings. The SMILES string of the molecule is C#Cc1ccc(CCCC2CCN(CC3CN(C(CC4CCC4)C(=O)O)CC3c3ccccc3)CC2)cc1. The first-order chi connectivity index (χ1) is 18.6. The first kappa shape index (κ1) is 27.0. The molecule has 0 aromatic heterocycles. The highest BCUT2D eigenvalue weighted by atomic mass is 16.4. The topological polar surface area (TPSA) is 43.8 Å². The molecule has 1 aliphatic carbocycles. The molecule has 38 heavy (non-hydrogen) atoms. The van der Waals surface area contributed by atoms with Gasteiger partial charge in [-0.25, -0.2) is 0 Å². The summed E-state index contributed by atoms with van der Waals surface area (Å²) in [4.78, 5) is 17.3. The predicted molar refractivity (Wildman–Crippen MR) is 154 cm³/mol. The number of hydrogen-bond donors (Lipinski definition) is 1. The summed E-state index contributed by atoms with van der Waals surface area (Å²) in [5.41, 5.74) is 3.71. The summed E-state index contributed by atoms with van der Waals surface area (Å²) in [6.07, 6.45) is 16.2. The van der Waals surface area contributed by atoms with Crippen LogP contribution in [0.2, 0.25) is 0 Å². The molecule has 2 saturated heterocycles. The fourth-order valence-corrected chi connectivity index (χ4v) is 7.02. The molecular weight excluding hydrogens is 468 g/mol. The molecule has 3 aliphatic rings. The molecule has 2 heterocycles. The molecule has 0 spiro atoms. The van der Waals surface area contributed by atoms with Crippen LogP contribution in [0.5, 0.6) is 0 Å². The van der Waals surface area contributed by atoms with Crippen molar-refractivity contribution in [3.05, 3.63) is 71.3 Å². The average molecular weight is 513 g/mol. The Labute approximate surface area is 229 Å². The minimum atomic E-state index is -0.628. The fourth-order valence-electron chi connectivity index (χ4n) is 7.02. The molecule has 2 aliphatic heterocycles. The maximum absolute atomic E-state index is 12.3. The third-order valence-corrected chi connectivity index (χ3v) is 9.60. The lowest BCUT2D eigenvalue weighted by atomic mass is 9.80. The number of likely N-dealkylation sites (tertiary alicyclic amines) is 2. The van der Waals surface area contributed by atoms with Crippen molar-refractivity contribution in [2.75, 3.05) is 32.7 Å². The summed E-state index contributed by atoms with van der Waals surface area (Å²) in [5, 5.41) is 10.1. The second-order valence-corrected chi connectivity index (χ2v) is 12.1. The van der Waals surface area contributed by atoms with E-state index in [1.807, 2.05) is 12.1 Å². The minimum absolute atomic E-state index is 0.329. The molecular formula is C34H44N2O2. The van der Waals surface area contributed by atoms with Crippen LogP contribution in [0, 0.1) is 30.1 Å². The van der Waals surface area contributed by atoms with E-state index in [4.69, 9.17) is 6.42 Å². The number of nitrogens with zero attached hydrogens (tertiary/aromatic N) is 2. The summed E-state index contributed by atoms with van der Waals surface area (Å²) in [6.45, 7) is 5.20. The summed E-state index contributed by atoms with van der Waals surface area (Å²) < 4.78 is 0. The van der Waals surface area contributed by atoms with E-state index in [2.05, 4.69) is 58.2 Å². The van der Waals surface area contributed by atoms with Gasteiger partial charge in [0.2, 0.25) is 0 Å². The highest BCUT2D eigenvalue weighted by Crippen LogP contribution is 2.38. The quantitative estimate of drug-likeness (QED) is 0.372. The van der Waals surface area contributed by atoms with Gasteiger partial charge < -0.3 is 10.0 Å². The third kappa shape index (κ3) is 6.87. The van der Waals surface area contributed by atoms with E-state index in [-0.39, 0.29) is 6.04 Å². The molecule has 2 aromatic carbocycles. The van der Waals surface area contributed by atoms with Crippen molar-refractivity contribution in [2.24, 2.45) is 17.8 Å². The molecule has 4 heteroatoms. The highest BCUT2D eigenvalue weighted by Gasteiger charge is 2.41. The van der Waals surface area contributed by atoms with Gasteiger partial charge in [0.25, 0.3) is 0 Å². The van der Waals surface area contributed by atoms with Crippen LogP contribution < -0.4 is 0 Å². The van der Waals surface area contributed by atoms with Crippen molar-refractivity contribution >= 4 is 5.97 Å². The number of carboxylic acid groups (broad SMARTS) is 1. The number of hydrogen-bond acceptors (Lipinski definition) is 3. The van der Waals surface area contributed by atoms with Gasteiger partial charge >= 0.3 is 5.97 Å². The van der Waals surface area contributed by atoms with E-state index >= 15 is 0 Å². The molecule has 0 amide bonds. The summed E-state index contributed by atoms with van der Waals surface area (Å²) in [5.74, 6) is 4.39. The normalized spacial score (nSPS) is 24.1. The Morgan fingerprint density at radius 2 is 1.71 bits per heavy atom. The highest BCUT2D eigenvalue weighted by molar-refractivity contribution is 5.73. The molecule has 3 atom stereocenters. The first-order valence-electron chi connectivity index (χ1n) is 14.9. The third-order valence-electron chi connectivity index (χ3n) is 9.60. The van der Waals surface area contributed by atoms with Crippen LogP contribution in [0.1, 0.15) is 74.0 Å². The van der Waals surface area contributed by atoms with Crippen molar-refractivity contribution in [3.8, 4) is 12.3 Å². The van der Waals surface area contributed by atoms with Crippen LogP contribution >= 0.6 is 0 Å². The molecule has 3 unspecified atom stereocenters. The molecule has 202 valence electrons. The molecule has 0 bridgehead atoms. The van der Waals surface area contributed by atoms with Crippen LogP contribution in [0.3, 0.4) is 0 Å². The van der Waals surface area contributed by atoms with Crippen molar-refractivity contribution in [3.63, 3.8) is 0 Å². The number of carboxylic acids is 1. The lowest BCUT2D eigenvalue weighted by Gasteiger charge is -2.35. The van der Waals surface area contributed by atoms with Gasteiger partial charge in [0.1, 0.15) is 6.04 Å². The van der Waals surface area contributed by atoms with Gasteiger partial charge in [-0.1, -0.05) is 74.1 Å². The largest absolute Gasteiger partial charge is 0.480 e. The number of aliphatic carboxylic acids is 1. The zero-order chi connectivity index (χ0) is 26.3. The van der Waals surface area contributed by atoms with Crippen molar-refractivity contribution < 1.29 is 9.90 Å². The average Bonchev–Trinajstić information content (AvgIpc) is 3.33. The maximum atomic E-state index is 12.3. The number of carbonyl (C=O) groups is 1. The van der Waals surface area contributed by atoms with Crippen molar-refractivity contribution in [1.29, 1.82) is 0 Å². The Hall–Kier alpha value is -2.61. The summed E-state index contributed by atoms with van der Waals surface area (Å²) in [7, 11) is 0. The van der Waals surface area contributed by atoms with E-state index in [1.54, 1.807) is 0 Å². The predicted octanol–water partition coefficient (Wildman–Crippen LogP) is 6.06. The molecule has 5 rings (SSSR count).